The Bertz CT molecular complexity index is 1300. The van der Waals surface area contributed by atoms with Crippen molar-refractivity contribution in [3.63, 3.8) is 0 Å². The van der Waals surface area contributed by atoms with Crippen LogP contribution in [0.5, 0.6) is 0 Å². The van der Waals surface area contributed by atoms with E-state index in [0.717, 1.165) is 27.7 Å². The van der Waals surface area contributed by atoms with Gasteiger partial charge in [0.25, 0.3) is 0 Å². The minimum Gasteiger partial charge on any atom is -0.478 e. The van der Waals surface area contributed by atoms with Gasteiger partial charge in [0.1, 0.15) is 5.60 Å². The fourth-order valence-electron chi connectivity index (χ4n) is 3.86. The van der Waals surface area contributed by atoms with Gasteiger partial charge in [0, 0.05) is 46.4 Å². The number of aromatic nitrogens is 2. The molecule has 1 unspecified atom stereocenters. The van der Waals surface area contributed by atoms with Crippen LogP contribution in [0.3, 0.4) is 0 Å². The number of nitrogens with one attached hydrogen (secondary N) is 4. The predicted octanol–water partition coefficient (Wildman–Crippen LogP) is 4.90. The smallest absolute Gasteiger partial charge is 0.407 e. The summed E-state index contributed by atoms with van der Waals surface area (Å²) in [6.45, 7) is 5.90. The summed E-state index contributed by atoms with van der Waals surface area (Å²) in [4.78, 5) is 30.2. The number of benzene rings is 2. The number of hydrogen-bond acceptors (Lipinski definition) is 4. The summed E-state index contributed by atoms with van der Waals surface area (Å²) in [6.07, 6.45) is 3.55. The molecular formula is C25H28N4O4. The highest BCUT2D eigenvalue weighted by molar-refractivity contribution is 6.04. The molecule has 2 heterocycles. The third-order valence-electron chi connectivity index (χ3n) is 5.33. The van der Waals surface area contributed by atoms with Crippen LogP contribution in [0.15, 0.2) is 54.9 Å². The Morgan fingerprint density at radius 3 is 2.52 bits per heavy atom. The lowest BCUT2D eigenvalue weighted by molar-refractivity contribution is 0.0506. The minimum absolute atomic E-state index is 0.218. The molecule has 0 fully saturated rings. The maximum absolute atomic E-state index is 12.5. The van der Waals surface area contributed by atoms with E-state index in [1.165, 1.54) is 6.20 Å². The lowest BCUT2D eigenvalue weighted by Crippen LogP contribution is -2.43. The quantitative estimate of drug-likeness (QED) is 0.276. The molecule has 4 rings (SSSR count). The monoisotopic (exact) mass is 448 g/mol. The number of alkyl carbamates (subject to hydrolysis) is 1. The molecular weight excluding hydrogens is 420 g/mol. The number of ether oxygens (including phenoxy) is 1. The number of aromatic carboxylic acids is 1. The average Bonchev–Trinajstić information content (AvgIpc) is 3.34. The van der Waals surface area contributed by atoms with Crippen molar-refractivity contribution in [3.05, 3.63) is 66.0 Å². The van der Waals surface area contributed by atoms with E-state index in [0.29, 0.717) is 18.4 Å². The van der Waals surface area contributed by atoms with E-state index in [-0.39, 0.29) is 11.6 Å². The summed E-state index contributed by atoms with van der Waals surface area (Å²) in [7, 11) is 0. The number of carboxylic acids is 1. The van der Waals surface area contributed by atoms with Gasteiger partial charge in [0.15, 0.2) is 0 Å². The first-order valence-electron chi connectivity index (χ1n) is 10.8. The van der Waals surface area contributed by atoms with Gasteiger partial charge in [-0.2, -0.15) is 0 Å². The fourth-order valence-corrected chi connectivity index (χ4v) is 3.86. The van der Waals surface area contributed by atoms with Gasteiger partial charge in [-0.25, -0.2) is 9.59 Å². The third kappa shape index (κ3) is 5.28. The van der Waals surface area contributed by atoms with Gasteiger partial charge >= 0.3 is 12.1 Å². The zero-order valence-corrected chi connectivity index (χ0v) is 18.9. The molecule has 2 aromatic carbocycles. The Morgan fingerprint density at radius 2 is 1.76 bits per heavy atom. The van der Waals surface area contributed by atoms with Crippen molar-refractivity contribution in [1.29, 1.82) is 0 Å². The van der Waals surface area contributed by atoms with Crippen molar-refractivity contribution in [1.82, 2.24) is 15.3 Å². The van der Waals surface area contributed by atoms with E-state index < -0.39 is 17.7 Å². The molecule has 33 heavy (non-hydrogen) atoms. The first-order valence-corrected chi connectivity index (χ1v) is 10.8. The standard InChI is InChI=1S/C25H28N4O4/c1-25(2,3)33-24(32)29-17(10-15-12-27-21-7-5-4-6-18(15)21)13-26-16-8-9-22-19(11-16)20(14-28-22)23(30)31/h4-9,11-12,14,17,26-28H,10,13H2,1-3H3,(H,29,32)(H,30,31). The van der Waals surface area contributed by atoms with Crippen LogP contribution in [0.2, 0.25) is 0 Å². The second-order valence-corrected chi connectivity index (χ2v) is 9.06. The predicted molar refractivity (Wildman–Crippen MR) is 129 cm³/mol. The molecule has 0 aliphatic heterocycles. The van der Waals surface area contributed by atoms with Crippen LogP contribution in [-0.4, -0.2) is 45.3 Å². The van der Waals surface area contributed by atoms with Crippen molar-refractivity contribution in [2.75, 3.05) is 11.9 Å². The van der Waals surface area contributed by atoms with Crippen LogP contribution in [-0.2, 0) is 11.2 Å². The maximum Gasteiger partial charge on any atom is 0.407 e. The topological polar surface area (TPSA) is 119 Å². The van der Waals surface area contributed by atoms with Gasteiger partial charge in [-0.15, -0.1) is 0 Å². The van der Waals surface area contributed by atoms with Gasteiger partial charge in [-0.3, -0.25) is 0 Å². The lowest BCUT2D eigenvalue weighted by atomic mass is 10.0. The first-order chi connectivity index (χ1) is 15.7. The minimum atomic E-state index is -0.984. The number of aromatic amines is 2. The second kappa shape index (κ2) is 8.90. The summed E-state index contributed by atoms with van der Waals surface area (Å²) in [5, 5.41) is 17.4. The number of amides is 1. The number of carbonyl (C=O) groups is 2. The van der Waals surface area contributed by atoms with Crippen molar-refractivity contribution in [2.24, 2.45) is 0 Å². The number of H-pyrrole nitrogens is 2. The molecule has 5 N–H and O–H groups in total. The van der Waals surface area contributed by atoms with E-state index in [4.69, 9.17) is 4.74 Å². The molecule has 1 atom stereocenters. The highest BCUT2D eigenvalue weighted by Gasteiger charge is 2.21. The zero-order chi connectivity index (χ0) is 23.6. The van der Waals surface area contributed by atoms with Gasteiger partial charge in [-0.05, 0) is 57.0 Å². The number of hydrogen-bond donors (Lipinski definition) is 5. The number of carbonyl (C=O) groups excluding carboxylic acids is 1. The summed E-state index contributed by atoms with van der Waals surface area (Å²) in [6, 6.07) is 13.3. The second-order valence-electron chi connectivity index (χ2n) is 9.06. The van der Waals surface area contributed by atoms with Gasteiger partial charge in [-0.1, -0.05) is 18.2 Å². The summed E-state index contributed by atoms with van der Waals surface area (Å²) >= 11 is 0. The Morgan fingerprint density at radius 1 is 1.03 bits per heavy atom. The number of fused-ring (bicyclic) bond motifs is 2. The number of para-hydroxylation sites is 1. The van der Waals surface area contributed by atoms with Gasteiger partial charge in [0.2, 0.25) is 0 Å². The molecule has 2 aromatic heterocycles. The average molecular weight is 449 g/mol. The zero-order valence-electron chi connectivity index (χ0n) is 18.9. The summed E-state index contributed by atoms with van der Waals surface area (Å²) in [5.74, 6) is -0.984. The molecule has 0 spiro atoms. The molecule has 4 aromatic rings. The molecule has 8 nitrogen and oxygen atoms in total. The first kappa shape index (κ1) is 22.3. The normalized spacial score (nSPS) is 12.6. The maximum atomic E-state index is 12.5. The molecule has 0 saturated carbocycles. The Hall–Kier alpha value is -3.94. The Labute approximate surface area is 191 Å². The van der Waals surface area contributed by atoms with Crippen LogP contribution in [0.1, 0.15) is 36.7 Å². The van der Waals surface area contributed by atoms with Crippen molar-refractivity contribution in [2.45, 2.75) is 38.8 Å². The molecule has 172 valence electrons. The van der Waals surface area contributed by atoms with Crippen LogP contribution in [0.25, 0.3) is 21.8 Å². The van der Waals surface area contributed by atoms with Crippen LogP contribution in [0, 0.1) is 0 Å². The van der Waals surface area contributed by atoms with Crippen LogP contribution < -0.4 is 10.6 Å². The Balaban J connectivity index is 1.54. The van der Waals surface area contributed by atoms with Gasteiger partial charge < -0.3 is 30.4 Å². The SMILES string of the molecule is CC(C)(C)OC(=O)NC(CNc1ccc2[nH]cc(C(=O)O)c2c1)Cc1c[nH]c2ccccc12. The fraction of sp³-hybridized carbons (Fsp3) is 0.280. The number of rotatable bonds is 7. The number of carboxylic acid groups (broad SMARTS) is 1. The molecule has 0 saturated heterocycles. The molecule has 0 aliphatic carbocycles. The molecule has 0 radical (unpaired) electrons. The number of anilines is 1. The van der Waals surface area contributed by atoms with Crippen molar-refractivity contribution >= 4 is 39.6 Å². The highest BCUT2D eigenvalue weighted by atomic mass is 16.6. The molecule has 0 aliphatic rings. The highest BCUT2D eigenvalue weighted by Crippen LogP contribution is 2.23. The van der Waals surface area contributed by atoms with Crippen LogP contribution in [0.4, 0.5) is 10.5 Å². The van der Waals surface area contributed by atoms with E-state index in [1.807, 2.05) is 63.4 Å². The lowest BCUT2D eigenvalue weighted by Gasteiger charge is -2.24. The molecule has 0 bridgehead atoms. The summed E-state index contributed by atoms with van der Waals surface area (Å²) in [5.41, 5.74) is 3.25. The largest absolute Gasteiger partial charge is 0.478 e. The van der Waals surface area contributed by atoms with Crippen molar-refractivity contribution < 1.29 is 19.4 Å². The van der Waals surface area contributed by atoms with Crippen molar-refractivity contribution in [3.8, 4) is 0 Å². The van der Waals surface area contributed by atoms with Crippen LogP contribution >= 0.6 is 0 Å². The molecule has 1 amide bonds. The molecule has 8 heteroatoms. The van der Waals surface area contributed by atoms with E-state index in [1.54, 1.807) is 6.07 Å². The van der Waals surface area contributed by atoms with Gasteiger partial charge in [0.05, 0.1) is 11.6 Å². The van der Waals surface area contributed by atoms with E-state index in [2.05, 4.69) is 20.6 Å². The third-order valence-corrected chi connectivity index (χ3v) is 5.33. The van der Waals surface area contributed by atoms with E-state index in [9.17, 15) is 14.7 Å². The van der Waals surface area contributed by atoms with E-state index >= 15 is 0 Å². The Kier molecular flexibility index (Phi) is 6.00. The summed E-state index contributed by atoms with van der Waals surface area (Å²) < 4.78 is 5.46.